The van der Waals surface area contributed by atoms with E-state index in [1.165, 1.54) is 19.3 Å². The molecule has 2 heteroatoms. The molecule has 1 aliphatic rings. The molecule has 2 nitrogen and oxygen atoms in total. The summed E-state index contributed by atoms with van der Waals surface area (Å²) in [5.41, 5.74) is 0. The summed E-state index contributed by atoms with van der Waals surface area (Å²) in [6, 6.07) is 0. The van der Waals surface area contributed by atoms with E-state index in [9.17, 15) is 0 Å². The van der Waals surface area contributed by atoms with Gasteiger partial charge in [-0.1, -0.05) is 6.92 Å². The summed E-state index contributed by atoms with van der Waals surface area (Å²) >= 11 is 0. The first-order chi connectivity index (χ1) is 4.88. The zero-order valence-electron chi connectivity index (χ0n) is 6.80. The highest BCUT2D eigenvalue weighted by molar-refractivity contribution is 4.65. The molecule has 0 saturated carbocycles. The quantitative estimate of drug-likeness (QED) is 0.588. The van der Waals surface area contributed by atoms with Crippen LogP contribution in [0.3, 0.4) is 0 Å². The third kappa shape index (κ3) is 1.70. The van der Waals surface area contributed by atoms with Gasteiger partial charge < -0.3 is 9.47 Å². The van der Waals surface area contributed by atoms with E-state index >= 15 is 0 Å². The van der Waals surface area contributed by atoms with Crippen molar-refractivity contribution in [2.75, 3.05) is 13.7 Å². The van der Waals surface area contributed by atoms with Crippen LogP contribution in [0.4, 0.5) is 0 Å². The van der Waals surface area contributed by atoms with Crippen molar-refractivity contribution < 1.29 is 9.47 Å². The maximum atomic E-state index is 5.41. The van der Waals surface area contributed by atoms with Crippen LogP contribution in [-0.2, 0) is 9.47 Å². The van der Waals surface area contributed by atoms with Gasteiger partial charge in [-0.2, -0.15) is 0 Å². The molecule has 0 spiro atoms. The molecule has 1 aliphatic heterocycles. The Labute approximate surface area is 62.5 Å². The standard InChI is InChI=1S/C8H16O2/c1-3-7-5-4-6-10-8(7)9-2/h7-8H,3-6H2,1-2H3. The van der Waals surface area contributed by atoms with Crippen molar-refractivity contribution in [2.45, 2.75) is 32.5 Å². The second kappa shape index (κ2) is 3.94. The molecule has 0 aromatic heterocycles. The van der Waals surface area contributed by atoms with Gasteiger partial charge in [0.25, 0.3) is 0 Å². The Balaban J connectivity index is 2.34. The number of hydrogen-bond acceptors (Lipinski definition) is 2. The van der Waals surface area contributed by atoms with Gasteiger partial charge in [0.05, 0.1) is 0 Å². The predicted molar refractivity (Wildman–Crippen MR) is 39.8 cm³/mol. The van der Waals surface area contributed by atoms with Crippen LogP contribution in [0.1, 0.15) is 26.2 Å². The lowest BCUT2D eigenvalue weighted by Crippen LogP contribution is -2.30. The molecule has 10 heavy (non-hydrogen) atoms. The van der Waals surface area contributed by atoms with Gasteiger partial charge in [0.2, 0.25) is 0 Å². The molecule has 2 atom stereocenters. The Morgan fingerprint density at radius 2 is 2.40 bits per heavy atom. The first-order valence-corrected chi connectivity index (χ1v) is 4.03. The normalized spacial score (nSPS) is 34.2. The molecule has 1 heterocycles. The smallest absolute Gasteiger partial charge is 0.159 e. The summed E-state index contributed by atoms with van der Waals surface area (Å²) in [7, 11) is 1.72. The Morgan fingerprint density at radius 3 is 2.90 bits per heavy atom. The van der Waals surface area contributed by atoms with Crippen LogP contribution in [0.5, 0.6) is 0 Å². The highest BCUT2D eigenvalue weighted by Crippen LogP contribution is 2.23. The van der Waals surface area contributed by atoms with Gasteiger partial charge in [-0.15, -0.1) is 0 Å². The Bertz CT molecular complexity index is 81.3. The van der Waals surface area contributed by atoms with Crippen molar-refractivity contribution in [3.63, 3.8) is 0 Å². The van der Waals surface area contributed by atoms with Gasteiger partial charge in [0, 0.05) is 19.6 Å². The van der Waals surface area contributed by atoms with Crippen LogP contribution >= 0.6 is 0 Å². The summed E-state index contributed by atoms with van der Waals surface area (Å²) in [5.74, 6) is 0.624. The van der Waals surface area contributed by atoms with Gasteiger partial charge in [-0.25, -0.2) is 0 Å². The average molecular weight is 144 g/mol. The van der Waals surface area contributed by atoms with Gasteiger partial charge in [-0.3, -0.25) is 0 Å². The van der Waals surface area contributed by atoms with Crippen molar-refractivity contribution >= 4 is 0 Å². The van der Waals surface area contributed by atoms with Gasteiger partial charge in [-0.05, 0) is 19.3 Å². The Morgan fingerprint density at radius 1 is 1.60 bits per heavy atom. The summed E-state index contributed by atoms with van der Waals surface area (Å²) in [5, 5.41) is 0. The molecule has 60 valence electrons. The number of hydrogen-bond donors (Lipinski definition) is 0. The molecule has 2 unspecified atom stereocenters. The van der Waals surface area contributed by atoms with Gasteiger partial charge >= 0.3 is 0 Å². The minimum atomic E-state index is 0.0683. The fraction of sp³-hybridized carbons (Fsp3) is 1.00. The Hall–Kier alpha value is -0.0800. The molecule has 0 aromatic carbocycles. The molecule has 0 amide bonds. The molecular weight excluding hydrogens is 128 g/mol. The van der Waals surface area contributed by atoms with E-state index in [-0.39, 0.29) is 6.29 Å². The van der Waals surface area contributed by atoms with E-state index in [0.717, 1.165) is 6.61 Å². The second-order valence-corrected chi connectivity index (χ2v) is 2.79. The average Bonchev–Trinajstić information content (AvgIpc) is 2.04. The lowest BCUT2D eigenvalue weighted by Gasteiger charge is -2.29. The highest BCUT2D eigenvalue weighted by atomic mass is 16.7. The minimum Gasteiger partial charge on any atom is -0.356 e. The molecule has 0 radical (unpaired) electrons. The third-order valence-electron chi connectivity index (χ3n) is 2.14. The van der Waals surface area contributed by atoms with Crippen LogP contribution in [0, 0.1) is 5.92 Å². The number of methoxy groups -OCH3 is 1. The monoisotopic (exact) mass is 144 g/mol. The van der Waals surface area contributed by atoms with Crippen LogP contribution in [0.25, 0.3) is 0 Å². The van der Waals surface area contributed by atoms with Crippen molar-refractivity contribution in [3.8, 4) is 0 Å². The van der Waals surface area contributed by atoms with Crippen LogP contribution in [0.15, 0.2) is 0 Å². The lowest BCUT2D eigenvalue weighted by molar-refractivity contribution is -0.178. The minimum absolute atomic E-state index is 0.0683. The zero-order valence-corrected chi connectivity index (χ0v) is 6.80. The molecule has 0 bridgehead atoms. The van der Waals surface area contributed by atoms with Gasteiger partial charge in [0.1, 0.15) is 0 Å². The first kappa shape index (κ1) is 8.02. The van der Waals surface area contributed by atoms with E-state index in [0.29, 0.717) is 5.92 Å². The number of ether oxygens (including phenoxy) is 2. The first-order valence-electron chi connectivity index (χ1n) is 4.03. The fourth-order valence-corrected chi connectivity index (χ4v) is 1.47. The maximum absolute atomic E-state index is 5.41. The molecule has 0 aliphatic carbocycles. The highest BCUT2D eigenvalue weighted by Gasteiger charge is 2.23. The summed E-state index contributed by atoms with van der Waals surface area (Å²) in [4.78, 5) is 0. The number of rotatable bonds is 2. The SMILES string of the molecule is CCC1CCCOC1OC. The molecule has 1 saturated heterocycles. The van der Waals surface area contributed by atoms with Crippen molar-refractivity contribution in [1.82, 2.24) is 0 Å². The predicted octanol–water partition coefficient (Wildman–Crippen LogP) is 1.80. The molecular formula is C8H16O2. The third-order valence-corrected chi connectivity index (χ3v) is 2.14. The molecule has 0 aromatic rings. The molecule has 1 rings (SSSR count). The summed E-state index contributed by atoms with van der Waals surface area (Å²) in [6.07, 6.45) is 3.69. The van der Waals surface area contributed by atoms with Crippen LogP contribution < -0.4 is 0 Å². The second-order valence-electron chi connectivity index (χ2n) is 2.79. The Kier molecular flexibility index (Phi) is 3.16. The van der Waals surface area contributed by atoms with Crippen LogP contribution in [0.2, 0.25) is 0 Å². The van der Waals surface area contributed by atoms with E-state index in [2.05, 4.69) is 6.92 Å². The van der Waals surface area contributed by atoms with E-state index < -0.39 is 0 Å². The van der Waals surface area contributed by atoms with E-state index in [1.54, 1.807) is 7.11 Å². The van der Waals surface area contributed by atoms with Crippen LogP contribution in [-0.4, -0.2) is 20.0 Å². The maximum Gasteiger partial charge on any atom is 0.159 e. The molecule has 1 fully saturated rings. The van der Waals surface area contributed by atoms with Gasteiger partial charge in [0.15, 0.2) is 6.29 Å². The van der Waals surface area contributed by atoms with E-state index in [1.807, 2.05) is 0 Å². The lowest BCUT2D eigenvalue weighted by atomic mass is 9.98. The topological polar surface area (TPSA) is 18.5 Å². The molecule has 0 N–H and O–H groups in total. The summed E-state index contributed by atoms with van der Waals surface area (Å²) in [6.45, 7) is 3.06. The largest absolute Gasteiger partial charge is 0.356 e. The summed E-state index contributed by atoms with van der Waals surface area (Å²) < 4.78 is 10.6. The fourth-order valence-electron chi connectivity index (χ4n) is 1.47. The van der Waals surface area contributed by atoms with E-state index in [4.69, 9.17) is 9.47 Å². The van der Waals surface area contributed by atoms with Crippen molar-refractivity contribution in [1.29, 1.82) is 0 Å². The van der Waals surface area contributed by atoms with Crippen molar-refractivity contribution in [3.05, 3.63) is 0 Å². The van der Waals surface area contributed by atoms with Crippen molar-refractivity contribution in [2.24, 2.45) is 5.92 Å². The zero-order chi connectivity index (χ0) is 7.40.